The van der Waals surface area contributed by atoms with E-state index in [4.69, 9.17) is 0 Å². The lowest BCUT2D eigenvalue weighted by molar-refractivity contribution is 1.17. The Balaban J connectivity index is 1.16. The largest absolute Gasteiger partial charge is 0.309 e. The van der Waals surface area contributed by atoms with Crippen molar-refractivity contribution in [2.24, 2.45) is 0 Å². The quantitative estimate of drug-likeness (QED) is 0.181. The average Bonchev–Trinajstić information content (AvgIpc) is 3.92. The minimum atomic E-state index is 1.17. The zero-order chi connectivity index (χ0) is 33.2. The first kappa shape index (κ1) is 27.0. The second-order valence-corrected chi connectivity index (χ2v) is 13.7. The van der Waals surface area contributed by atoms with Gasteiger partial charge in [0.05, 0.1) is 38.6 Å². The Kier molecular flexibility index (Phi) is 5.23. The smallest absolute Gasteiger partial charge is 0.0620 e. The van der Waals surface area contributed by atoms with Crippen LogP contribution in [0.2, 0.25) is 0 Å². The van der Waals surface area contributed by atoms with Crippen LogP contribution in [0.15, 0.2) is 176 Å². The number of rotatable bonds is 3. The number of fused-ring (bicyclic) bond motifs is 13. The van der Waals surface area contributed by atoms with Crippen molar-refractivity contribution in [2.45, 2.75) is 0 Å². The summed E-state index contributed by atoms with van der Waals surface area (Å²) in [5, 5.41) is 10.3. The summed E-state index contributed by atoms with van der Waals surface area (Å²) in [4.78, 5) is 0. The van der Waals surface area contributed by atoms with Gasteiger partial charge in [0, 0.05) is 54.5 Å². The lowest BCUT2D eigenvalue weighted by Crippen LogP contribution is -1.95. The predicted molar refractivity (Wildman–Crippen MR) is 215 cm³/mol. The molecule has 3 nitrogen and oxygen atoms in total. The van der Waals surface area contributed by atoms with Crippen LogP contribution >= 0.6 is 0 Å². The molecular formula is C48H29N3. The highest BCUT2D eigenvalue weighted by molar-refractivity contribution is 6.33. The molecule has 4 aromatic heterocycles. The highest BCUT2D eigenvalue weighted by atomic mass is 15.0. The van der Waals surface area contributed by atoms with E-state index < -0.39 is 0 Å². The van der Waals surface area contributed by atoms with Crippen LogP contribution in [0.4, 0.5) is 0 Å². The van der Waals surface area contributed by atoms with Crippen molar-refractivity contribution in [3.63, 3.8) is 0 Å². The van der Waals surface area contributed by atoms with Gasteiger partial charge in [0.25, 0.3) is 0 Å². The number of hydrogen-bond acceptors (Lipinski definition) is 0. The van der Waals surface area contributed by atoms with Crippen LogP contribution in [0.5, 0.6) is 0 Å². The molecule has 0 unspecified atom stereocenters. The highest BCUT2D eigenvalue weighted by Crippen LogP contribution is 2.46. The standard InChI is InChI=1S/C48H29N3/c1-3-12-30(13-4-1)31-22-24-43-38(28-31)35-18-11-19-37-47-45(51(43)48(35)37)27-26-44-46(47)36-17-8-10-21-41(36)50(44)33-23-25-42-39(29-33)34-16-7-9-20-40(34)49(42)32-14-5-2-6-15-32/h1-29H. The van der Waals surface area contributed by atoms with Gasteiger partial charge in [0.2, 0.25) is 0 Å². The van der Waals surface area contributed by atoms with Gasteiger partial charge in [0.15, 0.2) is 0 Å². The molecule has 236 valence electrons. The van der Waals surface area contributed by atoms with E-state index in [0.29, 0.717) is 0 Å². The molecule has 51 heavy (non-hydrogen) atoms. The molecule has 0 N–H and O–H groups in total. The number of para-hydroxylation sites is 4. The van der Waals surface area contributed by atoms with Gasteiger partial charge in [-0.05, 0) is 77.9 Å². The second kappa shape index (κ2) is 9.87. The fraction of sp³-hybridized carbons (Fsp3) is 0. The Hall–Kier alpha value is -6.84. The predicted octanol–water partition coefficient (Wildman–Crippen LogP) is 12.7. The molecule has 0 bridgehead atoms. The number of hydrogen-bond donors (Lipinski definition) is 0. The first-order valence-electron chi connectivity index (χ1n) is 17.6. The Morgan fingerprint density at radius 3 is 1.69 bits per heavy atom. The fourth-order valence-corrected chi connectivity index (χ4v) is 9.07. The molecule has 0 radical (unpaired) electrons. The van der Waals surface area contributed by atoms with Gasteiger partial charge in [-0.1, -0.05) is 109 Å². The highest BCUT2D eigenvalue weighted by Gasteiger charge is 2.23. The number of aromatic nitrogens is 3. The normalized spacial score (nSPS) is 12.3. The maximum Gasteiger partial charge on any atom is 0.0620 e. The van der Waals surface area contributed by atoms with Crippen molar-refractivity contribution in [3.05, 3.63) is 176 Å². The minimum absolute atomic E-state index is 1.17. The van der Waals surface area contributed by atoms with Gasteiger partial charge in [-0.25, -0.2) is 0 Å². The summed E-state index contributed by atoms with van der Waals surface area (Å²) >= 11 is 0. The molecule has 0 amide bonds. The van der Waals surface area contributed by atoms with Crippen molar-refractivity contribution in [1.82, 2.24) is 13.5 Å². The number of nitrogens with zero attached hydrogens (tertiary/aromatic N) is 3. The molecule has 0 atom stereocenters. The third kappa shape index (κ3) is 3.52. The van der Waals surface area contributed by atoms with E-state index in [-0.39, 0.29) is 0 Å². The first-order chi connectivity index (χ1) is 25.3. The third-order valence-electron chi connectivity index (χ3n) is 11.1. The Morgan fingerprint density at radius 2 is 0.843 bits per heavy atom. The van der Waals surface area contributed by atoms with E-state index >= 15 is 0 Å². The molecule has 0 spiro atoms. The van der Waals surface area contributed by atoms with Crippen LogP contribution in [0.25, 0.3) is 104 Å². The van der Waals surface area contributed by atoms with Crippen LogP contribution in [-0.4, -0.2) is 13.5 Å². The maximum absolute atomic E-state index is 2.50. The molecule has 0 saturated carbocycles. The third-order valence-corrected chi connectivity index (χ3v) is 11.1. The van der Waals surface area contributed by atoms with E-state index in [9.17, 15) is 0 Å². The van der Waals surface area contributed by atoms with Gasteiger partial charge in [-0.3, -0.25) is 0 Å². The van der Waals surface area contributed by atoms with Crippen molar-refractivity contribution < 1.29 is 0 Å². The molecule has 0 saturated heterocycles. The zero-order valence-corrected chi connectivity index (χ0v) is 27.6. The SMILES string of the molecule is c1ccc(-c2ccc3c(c2)c2cccc4c5c6c7ccccc7n(-c7ccc8c(c7)c7ccccc7n8-c7ccccc7)c6ccc5n3c24)cc1. The molecule has 3 heteroatoms. The van der Waals surface area contributed by atoms with Crippen molar-refractivity contribution >= 4 is 81.7 Å². The molecule has 0 aliphatic rings. The number of benzene rings is 8. The summed E-state index contributed by atoms with van der Waals surface area (Å²) < 4.78 is 7.35. The van der Waals surface area contributed by atoms with E-state index in [1.807, 2.05) is 0 Å². The lowest BCUT2D eigenvalue weighted by Gasteiger charge is -2.10. The Bertz CT molecular complexity index is 3340. The van der Waals surface area contributed by atoms with Crippen molar-refractivity contribution in [1.29, 1.82) is 0 Å². The molecule has 4 heterocycles. The lowest BCUT2D eigenvalue weighted by atomic mass is 10.0. The molecule has 0 aliphatic carbocycles. The monoisotopic (exact) mass is 647 g/mol. The maximum atomic E-state index is 2.50. The summed E-state index contributed by atoms with van der Waals surface area (Å²) in [6.45, 7) is 0. The van der Waals surface area contributed by atoms with E-state index in [0.717, 1.165) is 0 Å². The molecule has 8 aromatic carbocycles. The zero-order valence-electron chi connectivity index (χ0n) is 27.6. The van der Waals surface area contributed by atoms with Gasteiger partial charge >= 0.3 is 0 Å². The molecule has 0 aliphatic heterocycles. The topological polar surface area (TPSA) is 14.3 Å². The van der Waals surface area contributed by atoms with Gasteiger partial charge in [-0.15, -0.1) is 0 Å². The minimum Gasteiger partial charge on any atom is -0.309 e. The molecule has 0 fully saturated rings. The van der Waals surface area contributed by atoms with Crippen LogP contribution in [0.1, 0.15) is 0 Å². The molecule has 12 rings (SSSR count). The summed E-state index contributed by atoms with van der Waals surface area (Å²) in [6, 6.07) is 64.5. The summed E-state index contributed by atoms with van der Waals surface area (Å²) in [7, 11) is 0. The van der Waals surface area contributed by atoms with Gasteiger partial charge < -0.3 is 13.5 Å². The van der Waals surface area contributed by atoms with Crippen LogP contribution in [0, 0.1) is 0 Å². The first-order valence-corrected chi connectivity index (χ1v) is 17.6. The fourth-order valence-electron chi connectivity index (χ4n) is 9.07. The Morgan fingerprint density at radius 1 is 0.275 bits per heavy atom. The van der Waals surface area contributed by atoms with Gasteiger partial charge in [0.1, 0.15) is 0 Å². The summed E-state index contributed by atoms with van der Waals surface area (Å²) in [5.41, 5.74) is 13.5. The van der Waals surface area contributed by atoms with Crippen molar-refractivity contribution in [2.75, 3.05) is 0 Å². The summed E-state index contributed by atoms with van der Waals surface area (Å²) in [5.74, 6) is 0. The van der Waals surface area contributed by atoms with Crippen LogP contribution in [-0.2, 0) is 0 Å². The van der Waals surface area contributed by atoms with Gasteiger partial charge in [-0.2, -0.15) is 0 Å². The van der Waals surface area contributed by atoms with E-state index in [2.05, 4.69) is 189 Å². The van der Waals surface area contributed by atoms with E-state index in [1.54, 1.807) is 0 Å². The van der Waals surface area contributed by atoms with E-state index in [1.165, 1.54) is 104 Å². The van der Waals surface area contributed by atoms with Crippen molar-refractivity contribution in [3.8, 4) is 22.5 Å². The van der Waals surface area contributed by atoms with Crippen LogP contribution < -0.4 is 0 Å². The average molecular weight is 648 g/mol. The summed E-state index contributed by atoms with van der Waals surface area (Å²) in [6.07, 6.45) is 0. The Labute approximate surface area is 292 Å². The van der Waals surface area contributed by atoms with Crippen LogP contribution in [0.3, 0.4) is 0 Å². The second-order valence-electron chi connectivity index (χ2n) is 13.7. The molecular weight excluding hydrogens is 619 g/mol. The molecule has 12 aromatic rings.